The Morgan fingerprint density at radius 2 is 1.26 bits per heavy atom. The lowest BCUT2D eigenvalue weighted by molar-refractivity contribution is -0.277. The van der Waals surface area contributed by atoms with Gasteiger partial charge in [0.2, 0.25) is 12.6 Å². The van der Waals surface area contributed by atoms with Gasteiger partial charge in [-0.15, -0.1) is 0 Å². The molecule has 43 heavy (non-hydrogen) atoms. The topological polar surface area (TPSA) is 269 Å². The Hall–Kier alpha value is -3.00. The highest BCUT2D eigenvalue weighted by Crippen LogP contribution is 2.44. The van der Waals surface area contributed by atoms with Crippen LogP contribution in [0.5, 0.6) is 28.7 Å². The first-order chi connectivity index (χ1) is 20.4. The van der Waals surface area contributed by atoms with E-state index < -0.39 is 92.6 Å². The molecule has 2 aromatic carbocycles. The molecule has 12 atom stereocenters. The molecule has 11 N–H and O–H groups in total. The number of phenols is 2. The average molecular weight is 615 g/mol. The van der Waals surface area contributed by atoms with E-state index in [9.17, 15) is 56.2 Å². The number of aliphatic hydroxyl groups excluding tert-OH is 9. The van der Waals surface area contributed by atoms with Gasteiger partial charge in [0.15, 0.2) is 11.5 Å². The van der Waals surface area contributed by atoms with Gasteiger partial charge in [0.1, 0.15) is 72.2 Å². The van der Waals surface area contributed by atoms with E-state index in [4.69, 9.17) is 23.7 Å². The second-order valence-corrected chi connectivity index (χ2v) is 10.6. The maximum Gasteiger partial charge on any atom is 0.229 e. The highest BCUT2D eigenvalue weighted by atomic mass is 16.7. The summed E-state index contributed by atoms with van der Waals surface area (Å²) in [5.41, 5.74) is 0.497. The minimum atomic E-state index is -1.74. The van der Waals surface area contributed by atoms with Crippen molar-refractivity contribution in [3.05, 3.63) is 41.5 Å². The van der Waals surface area contributed by atoms with Gasteiger partial charge in [-0.3, -0.25) is 0 Å². The van der Waals surface area contributed by atoms with E-state index in [1.807, 2.05) is 0 Å². The predicted octanol–water partition coefficient (Wildman–Crippen LogP) is -3.51. The van der Waals surface area contributed by atoms with Crippen molar-refractivity contribution in [2.24, 2.45) is 0 Å². The Kier molecular flexibility index (Phi) is 9.17. The molecule has 3 heterocycles. The summed E-state index contributed by atoms with van der Waals surface area (Å²) < 4.78 is 27.8. The number of hydrogen-bond acceptors (Lipinski definition) is 16. The van der Waals surface area contributed by atoms with E-state index in [1.54, 1.807) is 0 Å². The minimum absolute atomic E-state index is 0.0689. The molecule has 2 fully saturated rings. The largest absolute Gasteiger partial charge is 0.507 e. The van der Waals surface area contributed by atoms with Crippen LogP contribution in [0.3, 0.4) is 0 Å². The highest BCUT2D eigenvalue weighted by Gasteiger charge is 2.46. The zero-order chi connectivity index (χ0) is 31.2. The van der Waals surface area contributed by atoms with Gasteiger partial charge < -0.3 is 79.9 Å². The van der Waals surface area contributed by atoms with Crippen LogP contribution in [-0.4, -0.2) is 137 Å². The monoisotopic (exact) mass is 614 g/mol. The number of ether oxygens (including phenoxy) is 5. The molecule has 0 saturated carbocycles. The molecule has 16 nitrogen and oxygen atoms in total. The van der Waals surface area contributed by atoms with Gasteiger partial charge in [-0.05, 0) is 17.7 Å². The van der Waals surface area contributed by atoms with Crippen molar-refractivity contribution in [3.63, 3.8) is 0 Å². The summed E-state index contributed by atoms with van der Waals surface area (Å²) in [7, 11) is 0. The molecule has 16 heteroatoms. The molecule has 0 radical (unpaired) electrons. The van der Waals surface area contributed by atoms with E-state index in [2.05, 4.69) is 0 Å². The van der Waals surface area contributed by atoms with E-state index in [1.165, 1.54) is 30.3 Å². The number of aliphatic hydroxyl groups is 9. The van der Waals surface area contributed by atoms with E-state index in [0.29, 0.717) is 0 Å². The molecular weight excluding hydrogens is 580 g/mol. The second kappa shape index (κ2) is 12.5. The summed E-state index contributed by atoms with van der Waals surface area (Å²) in [4.78, 5) is 0. The number of benzene rings is 2. The number of hydrogen-bond donors (Lipinski definition) is 11. The third-order valence-corrected chi connectivity index (χ3v) is 7.68. The third kappa shape index (κ3) is 6.04. The fourth-order valence-electron chi connectivity index (χ4n) is 5.20. The lowest BCUT2D eigenvalue weighted by Gasteiger charge is -2.39. The second-order valence-electron chi connectivity index (χ2n) is 10.6. The number of aromatic hydroxyl groups is 2. The molecule has 2 saturated heterocycles. The van der Waals surface area contributed by atoms with Crippen LogP contribution in [0.1, 0.15) is 17.2 Å². The summed E-state index contributed by atoms with van der Waals surface area (Å²) in [6.07, 6.45) is -18.0. The lowest BCUT2D eigenvalue weighted by atomic mass is 9.93. The van der Waals surface area contributed by atoms with Gasteiger partial charge in [-0.2, -0.15) is 0 Å². The Morgan fingerprint density at radius 1 is 0.674 bits per heavy atom. The lowest BCUT2D eigenvalue weighted by Crippen LogP contribution is -2.60. The molecule has 238 valence electrons. The van der Waals surface area contributed by atoms with Crippen LogP contribution < -0.4 is 14.2 Å². The fourth-order valence-corrected chi connectivity index (χ4v) is 5.20. The molecule has 3 aliphatic rings. The summed E-state index contributed by atoms with van der Waals surface area (Å²) in [5.74, 6) is -0.982. The van der Waals surface area contributed by atoms with Crippen molar-refractivity contribution in [2.75, 3.05) is 13.2 Å². The van der Waals surface area contributed by atoms with Gasteiger partial charge in [-0.1, -0.05) is 6.07 Å². The standard InChI is InChI=1S/C27H34O16/c28-7-17-19(33)21(35)23(37)26(42-17)39-10-4-13(31)11-6-14(32)25(40-15(11)5-10)9-1-2-12(30)16(3-9)41-27-24(38)22(36)20(34)18(8-29)43-27/h1-5,14,17-38H,6-8H2/t14-,17+,18+,19+,20+,21-,22-,23+,24+,25+,26+,27+/m0/s1. The molecule has 0 amide bonds. The summed E-state index contributed by atoms with van der Waals surface area (Å²) in [6.45, 7) is -1.36. The fraction of sp³-hybridized carbons (Fsp3) is 0.556. The Morgan fingerprint density at radius 3 is 1.84 bits per heavy atom. The van der Waals surface area contributed by atoms with Crippen molar-refractivity contribution < 1.29 is 79.9 Å². The van der Waals surface area contributed by atoms with Crippen molar-refractivity contribution >= 4 is 0 Å². The third-order valence-electron chi connectivity index (χ3n) is 7.68. The van der Waals surface area contributed by atoms with Gasteiger partial charge in [0, 0.05) is 24.1 Å². The maximum absolute atomic E-state index is 10.9. The molecule has 0 aliphatic carbocycles. The zero-order valence-electron chi connectivity index (χ0n) is 22.4. The first kappa shape index (κ1) is 31.4. The Balaban J connectivity index is 1.36. The van der Waals surface area contributed by atoms with E-state index in [-0.39, 0.29) is 40.5 Å². The van der Waals surface area contributed by atoms with Crippen LogP contribution in [0, 0.1) is 0 Å². The van der Waals surface area contributed by atoms with Gasteiger partial charge in [0.05, 0.1) is 19.3 Å². The van der Waals surface area contributed by atoms with Gasteiger partial charge in [-0.25, -0.2) is 0 Å². The van der Waals surface area contributed by atoms with E-state index >= 15 is 0 Å². The summed E-state index contributed by atoms with van der Waals surface area (Å²) in [5, 5.41) is 111. The predicted molar refractivity (Wildman–Crippen MR) is 138 cm³/mol. The summed E-state index contributed by atoms with van der Waals surface area (Å²) >= 11 is 0. The molecule has 3 aliphatic heterocycles. The van der Waals surface area contributed by atoms with Crippen LogP contribution in [0.15, 0.2) is 30.3 Å². The summed E-state index contributed by atoms with van der Waals surface area (Å²) in [6, 6.07) is 6.42. The van der Waals surface area contributed by atoms with Crippen LogP contribution in [0.2, 0.25) is 0 Å². The van der Waals surface area contributed by atoms with Gasteiger partial charge in [0.25, 0.3) is 0 Å². The minimum Gasteiger partial charge on any atom is -0.507 e. The van der Waals surface area contributed by atoms with Crippen molar-refractivity contribution in [1.29, 1.82) is 0 Å². The molecule has 0 spiro atoms. The molecule has 0 aromatic heterocycles. The normalized spacial score (nSPS) is 37.7. The molecular formula is C27H34O16. The number of rotatable bonds is 7. The Bertz CT molecular complexity index is 1270. The molecule has 5 rings (SSSR count). The Labute approximate surface area is 243 Å². The first-order valence-electron chi connectivity index (χ1n) is 13.4. The van der Waals surface area contributed by atoms with Crippen molar-refractivity contribution in [1.82, 2.24) is 0 Å². The zero-order valence-corrected chi connectivity index (χ0v) is 22.4. The molecule has 0 unspecified atom stereocenters. The highest BCUT2D eigenvalue weighted by molar-refractivity contribution is 5.52. The van der Waals surface area contributed by atoms with Crippen LogP contribution >= 0.6 is 0 Å². The van der Waals surface area contributed by atoms with E-state index in [0.717, 1.165) is 0 Å². The van der Waals surface area contributed by atoms with Gasteiger partial charge >= 0.3 is 0 Å². The first-order valence-corrected chi connectivity index (χ1v) is 13.4. The smallest absolute Gasteiger partial charge is 0.229 e. The molecule has 0 bridgehead atoms. The van der Waals surface area contributed by atoms with Crippen molar-refractivity contribution in [3.8, 4) is 28.7 Å². The average Bonchev–Trinajstić information content (AvgIpc) is 2.99. The maximum atomic E-state index is 10.9. The van der Waals surface area contributed by atoms with Crippen LogP contribution in [-0.2, 0) is 15.9 Å². The molecule has 2 aromatic rings. The number of phenolic OH excluding ortho intramolecular Hbond substituents is 2. The quantitative estimate of drug-likeness (QED) is 0.144. The van der Waals surface area contributed by atoms with Crippen LogP contribution in [0.4, 0.5) is 0 Å². The number of fused-ring (bicyclic) bond motifs is 1. The SMILES string of the molecule is OC[C@H]1O[C@@H](Oc2cc(O)c3c(c2)O[C@H](c2ccc(O)c(O[C@@H]4O[C@H](CO)[C@@H](O)[C@H](O)[C@H]4O)c2)[C@@H](O)C3)[C@H](O)[C@@H](O)[C@@H]1O. The van der Waals surface area contributed by atoms with Crippen LogP contribution in [0.25, 0.3) is 0 Å². The van der Waals surface area contributed by atoms with Crippen molar-refractivity contribution in [2.45, 2.75) is 80.0 Å².